The molecule has 0 aliphatic carbocycles. The highest BCUT2D eigenvalue weighted by Crippen LogP contribution is 2.29. The molecule has 6 nitrogen and oxygen atoms in total. The van der Waals surface area contributed by atoms with Gasteiger partial charge in [-0.05, 0) is 24.3 Å². The van der Waals surface area contributed by atoms with Crippen molar-refractivity contribution < 1.29 is 19.2 Å². The molecule has 3 aromatic rings. The molecule has 0 spiro atoms. The van der Waals surface area contributed by atoms with Crippen LogP contribution < -0.4 is 4.74 Å². The minimum atomic E-state index is -0.977. The number of aromatic carboxylic acids is 1. The molecule has 0 saturated carbocycles. The van der Waals surface area contributed by atoms with E-state index in [0.29, 0.717) is 28.6 Å². The molecule has 110 valence electrons. The first-order valence-electron chi connectivity index (χ1n) is 6.50. The summed E-state index contributed by atoms with van der Waals surface area (Å²) in [6.45, 7) is 0. The number of hydrogen-bond acceptors (Lipinski definition) is 5. The lowest BCUT2D eigenvalue weighted by atomic mass is 10.1. The Morgan fingerprint density at radius 3 is 2.55 bits per heavy atom. The fourth-order valence-corrected chi connectivity index (χ4v) is 2.03. The summed E-state index contributed by atoms with van der Waals surface area (Å²) in [5, 5.41) is 12.8. The third-order valence-electron chi connectivity index (χ3n) is 3.15. The average molecular weight is 296 g/mol. The third-order valence-corrected chi connectivity index (χ3v) is 3.15. The van der Waals surface area contributed by atoms with Crippen molar-refractivity contribution in [2.24, 2.45) is 0 Å². The minimum absolute atomic E-state index is 0.206. The molecule has 0 aliphatic rings. The summed E-state index contributed by atoms with van der Waals surface area (Å²) in [7, 11) is 1.57. The average Bonchev–Trinajstić information content (AvgIpc) is 3.04. The highest BCUT2D eigenvalue weighted by Gasteiger charge is 2.14. The van der Waals surface area contributed by atoms with Gasteiger partial charge in [-0.2, -0.15) is 4.98 Å². The molecule has 1 aromatic heterocycles. The quantitative estimate of drug-likeness (QED) is 0.796. The van der Waals surface area contributed by atoms with E-state index in [-0.39, 0.29) is 5.56 Å². The van der Waals surface area contributed by atoms with Crippen LogP contribution in [0.15, 0.2) is 53.1 Å². The highest BCUT2D eigenvalue weighted by atomic mass is 16.5. The van der Waals surface area contributed by atoms with Crippen LogP contribution in [0.4, 0.5) is 0 Å². The van der Waals surface area contributed by atoms with Gasteiger partial charge in [0.05, 0.1) is 18.2 Å². The van der Waals surface area contributed by atoms with Gasteiger partial charge < -0.3 is 14.4 Å². The lowest BCUT2D eigenvalue weighted by Gasteiger charge is -2.02. The van der Waals surface area contributed by atoms with E-state index in [2.05, 4.69) is 10.1 Å². The van der Waals surface area contributed by atoms with Crippen LogP contribution in [0.5, 0.6) is 5.75 Å². The van der Waals surface area contributed by atoms with E-state index in [9.17, 15) is 4.79 Å². The largest absolute Gasteiger partial charge is 0.496 e. The van der Waals surface area contributed by atoms with Crippen LogP contribution >= 0.6 is 0 Å². The van der Waals surface area contributed by atoms with Crippen molar-refractivity contribution in [2.75, 3.05) is 7.11 Å². The summed E-state index contributed by atoms with van der Waals surface area (Å²) in [5.41, 5.74) is 1.58. The van der Waals surface area contributed by atoms with Crippen molar-refractivity contribution in [1.82, 2.24) is 10.1 Å². The lowest BCUT2D eigenvalue weighted by molar-refractivity contribution is 0.0697. The number of methoxy groups -OCH3 is 1. The van der Waals surface area contributed by atoms with Crippen LogP contribution in [0.2, 0.25) is 0 Å². The number of carboxylic acids is 1. The molecule has 0 aliphatic heterocycles. The predicted molar refractivity (Wildman–Crippen MR) is 78.7 cm³/mol. The van der Waals surface area contributed by atoms with E-state index in [1.807, 2.05) is 18.2 Å². The van der Waals surface area contributed by atoms with Crippen molar-refractivity contribution >= 4 is 5.97 Å². The van der Waals surface area contributed by atoms with Crippen LogP contribution in [0.1, 0.15) is 10.4 Å². The van der Waals surface area contributed by atoms with Gasteiger partial charge in [-0.3, -0.25) is 0 Å². The standard InChI is InChI=1S/C16H12N2O4/c1-21-13-5-3-2-4-12(13)15-17-14(18-22-15)10-6-8-11(9-7-10)16(19)20/h2-9H,1H3,(H,19,20). The molecule has 22 heavy (non-hydrogen) atoms. The second-order valence-electron chi connectivity index (χ2n) is 4.51. The molecule has 0 radical (unpaired) electrons. The summed E-state index contributed by atoms with van der Waals surface area (Å²) >= 11 is 0. The first kappa shape index (κ1) is 13.8. The summed E-state index contributed by atoms with van der Waals surface area (Å²) < 4.78 is 10.5. The Hall–Kier alpha value is -3.15. The molecule has 1 N–H and O–H groups in total. The third kappa shape index (κ3) is 2.54. The predicted octanol–water partition coefficient (Wildman–Crippen LogP) is 3.11. The van der Waals surface area contributed by atoms with Crippen LogP contribution in [0.25, 0.3) is 22.8 Å². The second kappa shape index (κ2) is 5.69. The van der Waals surface area contributed by atoms with Gasteiger partial charge in [0.25, 0.3) is 5.89 Å². The lowest BCUT2D eigenvalue weighted by Crippen LogP contribution is -1.95. The van der Waals surface area contributed by atoms with E-state index < -0.39 is 5.97 Å². The molecular formula is C16H12N2O4. The van der Waals surface area contributed by atoms with Gasteiger partial charge in [0.1, 0.15) is 5.75 Å². The van der Waals surface area contributed by atoms with Gasteiger partial charge in [-0.15, -0.1) is 0 Å². The second-order valence-corrected chi connectivity index (χ2v) is 4.51. The Balaban J connectivity index is 1.95. The summed E-state index contributed by atoms with van der Waals surface area (Å²) in [6.07, 6.45) is 0. The van der Waals surface area contributed by atoms with Crippen LogP contribution in [-0.4, -0.2) is 28.3 Å². The molecule has 0 fully saturated rings. The zero-order valence-corrected chi connectivity index (χ0v) is 11.7. The van der Waals surface area contributed by atoms with Crippen molar-refractivity contribution in [3.63, 3.8) is 0 Å². The van der Waals surface area contributed by atoms with Gasteiger partial charge in [0.15, 0.2) is 0 Å². The maximum absolute atomic E-state index is 10.8. The van der Waals surface area contributed by atoms with Crippen LogP contribution in [0.3, 0.4) is 0 Å². The van der Waals surface area contributed by atoms with E-state index in [1.165, 1.54) is 12.1 Å². The van der Waals surface area contributed by atoms with E-state index >= 15 is 0 Å². The number of hydrogen-bond donors (Lipinski definition) is 1. The number of nitrogens with zero attached hydrogens (tertiary/aromatic N) is 2. The molecular weight excluding hydrogens is 284 g/mol. The summed E-state index contributed by atoms with van der Waals surface area (Å²) in [6, 6.07) is 13.6. The van der Waals surface area contributed by atoms with Crippen LogP contribution in [-0.2, 0) is 0 Å². The molecule has 2 aromatic carbocycles. The summed E-state index contributed by atoms with van der Waals surface area (Å²) in [5.74, 6) is 0.390. The molecule has 0 saturated heterocycles. The molecule has 1 heterocycles. The number of carboxylic acid groups (broad SMARTS) is 1. The molecule has 0 atom stereocenters. The molecule has 6 heteroatoms. The first-order chi connectivity index (χ1) is 10.7. The Labute approximate surface area is 126 Å². The van der Waals surface area contributed by atoms with Crippen molar-refractivity contribution in [2.45, 2.75) is 0 Å². The van der Waals surface area contributed by atoms with Crippen LogP contribution in [0, 0.1) is 0 Å². The zero-order chi connectivity index (χ0) is 15.5. The first-order valence-corrected chi connectivity index (χ1v) is 6.50. The van der Waals surface area contributed by atoms with Crippen molar-refractivity contribution in [3.8, 4) is 28.6 Å². The highest BCUT2D eigenvalue weighted by molar-refractivity contribution is 5.88. The Morgan fingerprint density at radius 2 is 1.86 bits per heavy atom. The monoisotopic (exact) mass is 296 g/mol. The number of para-hydroxylation sites is 1. The normalized spacial score (nSPS) is 10.4. The fourth-order valence-electron chi connectivity index (χ4n) is 2.03. The van der Waals surface area contributed by atoms with E-state index in [0.717, 1.165) is 0 Å². The molecule has 0 bridgehead atoms. The van der Waals surface area contributed by atoms with E-state index in [1.54, 1.807) is 25.3 Å². The van der Waals surface area contributed by atoms with Crippen molar-refractivity contribution in [3.05, 3.63) is 54.1 Å². The smallest absolute Gasteiger partial charge is 0.335 e. The van der Waals surface area contributed by atoms with Gasteiger partial charge in [0, 0.05) is 5.56 Å². The Bertz CT molecular complexity index is 809. The molecule has 3 rings (SSSR count). The Morgan fingerprint density at radius 1 is 1.14 bits per heavy atom. The summed E-state index contributed by atoms with van der Waals surface area (Å²) in [4.78, 5) is 15.2. The maximum atomic E-state index is 10.8. The van der Waals surface area contributed by atoms with Gasteiger partial charge in [-0.1, -0.05) is 29.4 Å². The Kier molecular flexibility index (Phi) is 3.57. The number of aromatic nitrogens is 2. The van der Waals surface area contributed by atoms with Gasteiger partial charge in [0.2, 0.25) is 5.82 Å². The number of carbonyl (C=O) groups is 1. The zero-order valence-electron chi connectivity index (χ0n) is 11.7. The van der Waals surface area contributed by atoms with Gasteiger partial charge >= 0.3 is 5.97 Å². The fraction of sp³-hybridized carbons (Fsp3) is 0.0625. The molecule has 0 amide bonds. The molecule has 0 unspecified atom stereocenters. The van der Waals surface area contributed by atoms with E-state index in [4.69, 9.17) is 14.4 Å². The topological polar surface area (TPSA) is 85.5 Å². The van der Waals surface area contributed by atoms with Crippen molar-refractivity contribution in [1.29, 1.82) is 0 Å². The number of benzene rings is 2. The SMILES string of the molecule is COc1ccccc1-c1nc(-c2ccc(C(=O)O)cc2)no1. The number of rotatable bonds is 4. The number of ether oxygens (including phenoxy) is 1. The van der Waals surface area contributed by atoms with Gasteiger partial charge in [-0.25, -0.2) is 4.79 Å². The minimum Gasteiger partial charge on any atom is -0.496 e. The maximum Gasteiger partial charge on any atom is 0.335 e.